The van der Waals surface area contributed by atoms with Crippen molar-refractivity contribution in [3.8, 4) is 0 Å². The third-order valence-electron chi connectivity index (χ3n) is 3.33. The third kappa shape index (κ3) is 3.53. The second-order valence-corrected chi connectivity index (χ2v) is 7.33. The van der Waals surface area contributed by atoms with Crippen molar-refractivity contribution in [1.82, 2.24) is 9.97 Å². The molecule has 0 unspecified atom stereocenters. The lowest BCUT2D eigenvalue weighted by Gasteiger charge is -2.23. The number of aryl methyl sites for hydroxylation is 1. The van der Waals surface area contributed by atoms with Gasteiger partial charge in [-0.3, -0.25) is 0 Å². The predicted molar refractivity (Wildman–Crippen MR) is 82.6 cm³/mol. The molecule has 1 aliphatic rings. The molecule has 1 aromatic rings. The van der Waals surface area contributed by atoms with E-state index in [1.54, 1.807) is 6.07 Å². The summed E-state index contributed by atoms with van der Waals surface area (Å²) >= 11 is 1.97. The molecule has 2 rings (SSSR count). The number of nitrogens with two attached hydrogens (primary N) is 1. The first kappa shape index (κ1) is 14.9. The molecule has 20 heavy (non-hydrogen) atoms. The first-order valence-corrected chi connectivity index (χ1v) is 7.62. The maximum atomic E-state index is 8.78. The summed E-state index contributed by atoms with van der Waals surface area (Å²) in [6, 6.07) is 1.72. The fourth-order valence-electron chi connectivity index (χ4n) is 2.10. The highest BCUT2D eigenvalue weighted by molar-refractivity contribution is 8.00. The van der Waals surface area contributed by atoms with E-state index in [4.69, 9.17) is 10.9 Å². The van der Waals surface area contributed by atoms with Crippen LogP contribution in [0.4, 0.5) is 5.95 Å². The quantitative estimate of drug-likeness (QED) is 0.373. The zero-order chi connectivity index (χ0) is 14.8. The number of aromatic nitrogens is 2. The Morgan fingerprint density at radius 3 is 2.90 bits per heavy atom. The summed E-state index contributed by atoms with van der Waals surface area (Å²) < 4.78 is 0.285. The van der Waals surface area contributed by atoms with Gasteiger partial charge < -0.3 is 15.8 Å². The highest BCUT2D eigenvalue weighted by Crippen LogP contribution is 2.31. The maximum absolute atomic E-state index is 8.78. The van der Waals surface area contributed by atoms with Gasteiger partial charge in [0.25, 0.3) is 0 Å². The van der Waals surface area contributed by atoms with Crippen LogP contribution in [0.25, 0.3) is 0 Å². The van der Waals surface area contributed by atoms with Gasteiger partial charge in [0.15, 0.2) is 5.84 Å². The molecule has 3 N–H and O–H groups in total. The molecule has 0 saturated carbocycles. The molecule has 1 aromatic heterocycles. The average Bonchev–Trinajstić information content (AvgIpc) is 2.58. The van der Waals surface area contributed by atoms with Gasteiger partial charge in [-0.2, -0.15) is 11.8 Å². The molecule has 2 heterocycles. The number of hydrogen-bond donors (Lipinski definition) is 2. The van der Waals surface area contributed by atoms with Gasteiger partial charge in [-0.05, 0) is 19.4 Å². The summed E-state index contributed by atoms with van der Waals surface area (Å²) in [5.41, 5.74) is 6.90. The Morgan fingerprint density at radius 2 is 2.20 bits per heavy atom. The van der Waals surface area contributed by atoms with E-state index in [1.165, 1.54) is 0 Å². The molecular weight excluding hydrogens is 274 g/mol. The van der Waals surface area contributed by atoms with Crippen LogP contribution >= 0.6 is 11.8 Å². The summed E-state index contributed by atoms with van der Waals surface area (Å²) in [4.78, 5) is 11.1. The summed E-state index contributed by atoms with van der Waals surface area (Å²) in [5, 5.41) is 11.8. The van der Waals surface area contributed by atoms with Crippen LogP contribution in [0.1, 0.15) is 31.7 Å². The average molecular weight is 295 g/mol. The van der Waals surface area contributed by atoms with Gasteiger partial charge in [0.2, 0.25) is 5.95 Å². The lowest BCUT2D eigenvalue weighted by Crippen LogP contribution is -2.30. The van der Waals surface area contributed by atoms with Crippen molar-refractivity contribution in [3.63, 3.8) is 0 Å². The molecule has 110 valence electrons. The Morgan fingerprint density at radius 1 is 1.45 bits per heavy atom. The number of rotatable bonds is 2. The van der Waals surface area contributed by atoms with Crippen molar-refractivity contribution in [2.75, 3.05) is 23.7 Å². The number of nitrogens with zero attached hydrogens (tertiary/aromatic N) is 4. The number of anilines is 1. The van der Waals surface area contributed by atoms with Crippen LogP contribution in [0.5, 0.6) is 0 Å². The van der Waals surface area contributed by atoms with E-state index in [0.717, 1.165) is 31.0 Å². The molecule has 0 aliphatic carbocycles. The van der Waals surface area contributed by atoms with Gasteiger partial charge in [-0.25, -0.2) is 9.97 Å². The Labute approximate surface area is 123 Å². The highest BCUT2D eigenvalue weighted by Gasteiger charge is 2.25. The van der Waals surface area contributed by atoms with Crippen molar-refractivity contribution in [2.24, 2.45) is 10.9 Å². The molecule has 7 heteroatoms. The van der Waals surface area contributed by atoms with Crippen LogP contribution < -0.4 is 10.6 Å². The smallest absolute Gasteiger partial charge is 0.226 e. The summed E-state index contributed by atoms with van der Waals surface area (Å²) in [6.45, 7) is 8.24. The Hall–Kier alpha value is -1.50. The van der Waals surface area contributed by atoms with Gasteiger partial charge >= 0.3 is 0 Å². The van der Waals surface area contributed by atoms with E-state index in [-0.39, 0.29) is 10.6 Å². The van der Waals surface area contributed by atoms with Gasteiger partial charge in [-0.1, -0.05) is 19.0 Å². The van der Waals surface area contributed by atoms with Gasteiger partial charge in [-0.15, -0.1) is 0 Å². The van der Waals surface area contributed by atoms with Crippen molar-refractivity contribution < 1.29 is 5.21 Å². The second kappa shape index (κ2) is 5.87. The molecule has 0 spiro atoms. The van der Waals surface area contributed by atoms with Crippen LogP contribution in [-0.4, -0.2) is 44.6 Å². The van der Waals surface area contributed by atoms with E-state index in [0.29, 0.717) is 11.6 Å². The van der Waals surface area contributed by atoms with Crippen molar-refractivity contribution in [3.05, 3.63) is 17.5 Å². The van der Waals surface area contributed by atoms with E-state index < -0.39 is 0 Å². The van der Waals surface area contributed by atoms with Crippen molar-refractivity contribution in [2.45, 2.75) is 31.9 Å². The molecule has 6 nitrogen and oxygen atoms in total. The third-order valence-corrected chi connectivity index (χ3v) is 4.71. The number of thioether (sulfide) groups is 1. The fraction of sp³-hybridized carbons (Fsp3) is 0.615. The van der Waals surface area contributed by atoms with E-state index in [1.807, 2.05) is 18.7 Å². The zero-order valence-corrected chi connectivity index (χ0v) is 12.9. The Kier molecular flexibility index (Phi) is 4.37. The Bertz CT molecular complexity index is 517. The number of amidine groups is 1. The summed E-state index contributed by atoms with van der Waals surface area (Å²) in [5.74, 6) is 1.72. The minimum Gasteiger partial charge on any atom is -0.409 e. The zero-order valence-electron chi connectivity index (χ0n) is 12.1. The topological polar surface area (TPSA) is 87.6 Å². The van der Waals surface area contributed by atoms with Gasteiger partial charge in [0, 0.05) is 29.3 Å². The van der Waals surface area contributed by atoms with E-state index >= 15 is 0 Å². The monoisotopic (exact) mass is 295 g/mol. The lowest BCUT2D eigenvalue weighted by atomic mass is 10.1. The molecule has 0 amide bonds. The van der Waals surface area contributed by atoms with Crippen LogP contribution in [0.2, 0.25) is 0 Å². The first-order valence-electron chi connectivity index (χ1n) is 6.64. The molecule has 0 bridgehead atoms. The molecular formula is C13H21N5OS. The van der Waals surface area contributed by atoms with E-state index in [2.05, 4.69) is 33.9 Å². The van der Waals surface area contributed by atoms with Crippen LogP contribution in [-0.2, 0) is 0 Å². The number of oxime groups is 1. The van der Waals surface area contributed by atoms with Crippen molar-refractivity contribution >= 4 is 23.5 Å². The molecule has 0 radical (unpaired) electrons. The van der Waals surface area contributed by atoms with Crippen LogP contribution in [0.15, 0.2) is 11.2 Å². The SMILES string of the molecule is Cc1cc(/C(N)=N/O)nc(N2CCSC(C)(C)CC2)n1. The lowest BCUT2D eigenvalue weighted by molar-refractivity contribution is 0.318. The molecule has 0 atom stereocenters. The van der Waals surface area contributed by atoms with E-state index in [9.17, 15) is 0 Å². The molecule has 1 saturated heterocycles. The van der Waals surface area contributed by atoms with Crippen LogP contribution in [0, 0.1) is 6.92 Å². The fourth-order valence-corrected chi connectivity index (χ4v) is 3.20. The maximum Gasteiger partial charge on any atom is 0.226 e. The summed E-state index contributed by atoms with van der Waals surface area (Å²) in [7, 11) is 0. The number of hydrogen-bond acceptors (Lipinski definition) is 6. The highest BCUT2D eigenvalue weighted by atomic mass is 32.2. The van der Waals surface area contributed by atoms with Crippen molar-refractivity contribution in [1.29, 1.82) is 0 Å². The van der Waals surface area contributed by atoms with Gasteiger partial charge in [0.1, 0.15) is 5.69 Å². The second-order valence-electron chi connectivity index (χ2n) is 5.53. The van der Waals surface area contributed by atoms with Crippen LogP contribution in [0.3, 0.4) is 0 Å². The molecule has 0 aromatic carbocycles. The molecule has 1 fully saturated rings. The van der Waals surface area contributed by atoms with Gasteiger partial charge in [0.05, 0.1) is 0 Å². The normalized spacial score (nSPS) is 19.8. The summed E-state index contributed by atoms with van der Waals surface area (Å²) in [6.07, 6.45) is 1.08. The minimum atomic E-state index is 0.0151. The largest absolute Gasteiger partial charge is 0.409 e. The standard InChI is InChI=1S/C13H21N5OS/c1-9-8-10(11(14)17-19)16-12(15-9)18-5-4-13(2,3)20-7-6-18/h8,19H,4-7H2,1-3H3,(H2,14,17). The first-order chi connectivity index (χ1) is 9.41. The minimum absolute atomic E-state index is 0.0151. The predicted octanol–water partition coefficient (Wildman–Crippen LogP) is 1.60. The Balaban J connectivity index is 2.26. The molecule has 1 aliphatic heterocycles.